The molecule has 3 N–H and O–H groups in total. The Labute approximate surface area is 141 Å². The average molecular weight is 323 g/mol. The Hall–Kier alpha value is -2.66. The molecule has 124 valence electrons. The van der Waals surface area contributed by atoms with Crippen LogP contribution in [0, 0.1) is 0 Å². The lowest BCUT2D eigenvalue weighted by atomic mass is 9.92. The van der Waals surface area contributed by atoms with Crippen LogP contribution in [0.15, 0.2) is 54.6 Å². The summed E-state index contributed by atoms with van der Waals surface area (Å²) in [4.78, 5) is 26.3. The summed E-state index contributed by atoms with van der Waals surface area (Å²) in [6, 6.07) is 17.0. The summed E-state index contributed by atoms with van der Waals surface area (Å²) in [7, 11) is 0. The van der Waals surface area contributed by atoms with E-state index in [0.29, 0.717) is 19.5 Å². The van der Waals surface area contributed by atoms with Gasteiger partial charge in [0.15, 0.2) is 0 Å². The maximum atomic E-state index is 12.4. The fourth-order valence-corrected chi connectivity index (χ4v) is 2.94. The molecular weight excluding hydrogens is 302 g/mol. The fraction of sp³-hybridized carbons (Fsp3) is 0.263. The van der Waals surface area contributed by atoms with Crippen LogP contribution >= 0.6 is 0 Å². The largest absolute Gasteiger partial charge is 0.352 e. The molecule has 2 aromatic rings. The molecule has 0 saturated heterocycles. The van der Waals surface area contributed by atoms with Gasteiger partial charge in [-0.25, -0.2) is 0 Å². The highest BCUT2D eigenvalue weighted by atomic mass is 16.2. The Kier molecular flexibility index (Phi) is 4.36. The van der Waals surface area contributed by atoms with Crippen molar-refractivity contribution in [3.63, 3.8) is 0 Å². The number of hydrogen-bond acceptors (Lipinski definition) is 3. The minimum Gasteiger partial charge on any atom is -0.352 e. The third-order valence-corrected chi connectivity index (χ3v) is 4.39. The predicted octanol–water partition coefficient (Wildman–Crippen LogP) is 1.57. The maximum Gasteiger partial charge on any atom is 0.244 e. The van der Waals surface area contributed by atoms with Gasteiger partial charge in [0.05, 0.1) is 6.42 Å². The van der Waals surface area contributed by atoms with Gasteiger partial charge in [-0.2, -0.15) is 0 Å². The van der Waals surface area contributed by atoms with Crippen molar-refractivity contribution in [2.45, 2.75) is 18.9 Å². The lowest BCUT2D eigenvalue weighted by Crippen LogP contribution is -2.50. The first-order chi connectivity index (χ1) is 11.5. The second-order valence-corrected chi connectivity index (χ2v) is 6.18. The van der Waals surface area contributed by atoms with Crippen LogP contribution in [0.25, 0.3) is 0 Å². The van der Waals surface area contributed by atoms with Crippen LogP contribution in [0.5, 0.6) is 0 Å². The standard InChI is InChI=1S/C19H21N3O2/c1-19(20,15-8-3-2-4-9-15)18(24)21-11-12-22-16-10-6-5-7-14(16)13-17(22)23/h2-10H,11-13,20H2,1H3,(H,21,24). The minimum absolute atomic E-state index is 0.0593. The topological polar surface area (TPSA) is 75.4 Å². The third-order valence-electron chi connectivity index (χ3n) is 4.39. The molecule has 1 aliphatic heterocycles. The summed E-state index contributed by atoms with van der Waals surface area (Å²) < 4.78 is 0. The second-order valence-electron chi connectivity index (χ2n) is 6.18. The summed E-state index contributed by atoms with van der Waals surface area (Å²) in [5, 5.41) is 2.84. The molecule has 24 heavy (non-hydrogen) atoms. The SMILES string of the molecule is CC(N)(C(=O)NCCN1C(=O)Cc2ccccc21)c1ccccc1. The van der Waals surface area contributed by atoms with Crippen LogP contribution in [0.2, 0.25) is 0 Å². The second kappa shape index (κ2) is 6.45. The monoisotopic (exact) mass is 323 g/mol. The highest BCUT2D eigenvalue weighted by Gasteiger charge is 2.31. The quantitative estimate of drug-likeness (QED) is 0.877. The van der Waals surface area contributed by atoms with Gasteiger partial charge < -0.3 is 16.0 Å². The molecule has 2 aromatic carbocycles. The average Bonchev–Trinajstić information content (AvgIpc) is 2.91. The Balaban J connectivity index is 1.61. The number of fused-ring (bicyclic) bond motifs is 1. The molecule has 0 saturated carbocycles. The number of hydrogen-bond donors (Lipinski definition) is 2. The van der Waals surface area contributed by atoms with Crippen molar-refractivity contribution in [3.05, 3.63) is 65.7 Å². The maximum absolute atomic E-state index is 12.4. The van der Waals surface area contributed by atoms with E-state index in [4.69, 9.17) is 5.73 Å². The Morgan fingerprint density at radius 2 is 1.83 bits per heavy atom. The first-order valence-corrected chi connectivity index (χ1v) is 8.01. The van der Waals surface area contributed by atoms with E-state index in [2.05, 4.69) is 5.32 Å². The van der Waals surface area contributed by atoms with Gasteiger partial charge in [0, 0.05) is 18.8 Å². The zero-order chi connectivity index (χ0) is 17.2. The van der Waals surface area contributed by atoms with Crippen molar-refractivity contribution in [2.24, 2.45) is 5.73 Å². The van der Waals surface area contributed by atoms with E-state index < -0.39 is 5.54 Å². The van der Waals surface area contributed by atoms with Gasteiger partial charge in [-0.05, 0) is 24.1 Å². The molecule has 5 heteroatoms. The molecule has 0 bridgehead atoms. The summed E-state index contributed by atoms with van der Waals surface area (Å²) >= 11 is 0. The molecule has 0 fully saturated rings. The number of nitrogens with two attached hydrogens (primary N) is 1. The van der Waals surface area contributed by atoms with E-state index in [1.807, 2.05) is 54.6 Å². The molecule has 3 rings (SSSR count). The molecule has 0 aliphatic carbocycles. The molecule has 0 spiro atoms. The number of rotatable bonds is 5. The molecule has 2 amide bonds. The van der Waals surface area contributed by atoms with Gasteiger partial charge >= 0.3 is 0 Å². The lowest BCUT2D eigenvalue weighted by Gasteiger charge is -2.25. The molecule has 1 heterocycles. The third kappa shape index (κ3) is 3.03. The summed E-state index contributed by atoms with van der Waals surface area (Å²) in [6.07, 6.45) is 0.419. The van der Waals surface area contributed by atoms with Crippen molar-refractivity contribution in [1.82, 2.24) is 5.32 Å². The smallest absolute Gasteiger partial charge is 0.244 e. The van der Waals surface area contributed by atoms with Crippen molar-refractivity contribution in [1.29, 1.82) is 0 Å². The zero-order valence-electron chi connectivity index (χ0n) is 13.7. The normalized spacial score (nSPS) is 15.8. The molecule has 1 unspecified atom stereocenters. The van der Waals surface area contributed by atoms with E-state index in [1.165, 1.54) is 0 Å². The van der Waals surface area contributed by atoms with Gasteiger partial charge in [-0.3, -0.25) is 9.59 Å². The number of nitrogens with one attached hydrogen (secondary N) is 1. The van der Waals surface area contributed by atoms with E-state index in [1.54, 1.807) is 11.8 Å². The molecule has 5 nitrogen and oxygen atoms in total. The minimum atomic E-state index is -1.10. The van der Waals surface area contributed by atoms with Crippen LogP contribution < -0.4 is 16.0 Å². The number of carbonyl (C=O) groups excluding carboxylic acids is 2. The highest BCUT2D eigenvalue weighted by Crippen LogP contribution is 2.27. The molecule has 0 aromatic heterocycles. The Morgan fingerprint density at radius 3 is 2.58 bits per heavy atom. The number of nitrogens with zero attached hydrogens (tertiary/aromatic N) is 1. The van der Waals surface area contributed by atoms with Crippen molar-refractivity contribution in [2.75, 3.05) is 18.0 Å². The van der Waals surface area contributed by atoms with Crippen LogP contribution in [0.3, 0.4) is 0 Å². The Morgan fingerprint density at radius 1 is 1.17 bits per heavy atom. The molecule has 0 radical (unpaired) electrons. The van der Waals surface area contributed by atoms with Crippen LogP contribution in [0.1, 0.15) is 18.1 Å². The highest BCUT2D eigenvalue weighted by molar-refractivity contribution is 6.01. The summed E-state index contributed by atoms with van der Waals surface area (Å²) in [5.41, 5.74) is 7.79. The van der Waals surface area contributed by atoms with E-state index in [9.17, 15) is 9.59 Å². The van der Waals surface area contributed by atoms with Crippen molar-refractivity contribution >= 4 is 17.5 Å². The van der Waals surface area contributed by atoms with Gasteiger partial charge in [0.1, 0.15) is 5.54 Å². The first kappa shape index (κ1) is 16.2. The van der Waals surface area contributed by atoms with E-state index >= 15 is 0 Å². The summed E-state index contributed by atoms with van der Waals surface area (Å²) in [5.74, 6) is -0.197. The fourth-order valence-electron chi connectivity index (χ4n) is 2.94. The van der Waals surface area contributed by atoms with Crippen LogP contribution in [0.4, 0.5) is 5.69 Å². The van der Waals surface area contributed by atoms with Gasteiger partial charge in [0.2, 0.25) is 11.8 Å². The van der Waals surface area contributed by atoms with Gasteiger partial charge in [-0.1, -0.05) is 48.5 Å². The summed E-state index contributed by atoms with van der Waals surface area (Å²) in [6.45, 7) is 2.49. The number of amides is 2. The number of anilines is 1. The molecule has 1 aliphatic rings. The zero-order valence-corrected chi connectivity index (χ0v) is 13.7. The molecular formula is C19H21N3O2. The van der Waals surface area contributed by atoms with Gasteiger partial charge in [0.25, 0.3) is 0 Å². The van der Waals surface area contributed by atoms with Crippen molar-refractivity contribution in [3.8, 4) is 0 Å². The van der Waals surface area contributed by atoms with Crippen LogP contribution in [-0.4, -0.2) is 24.9 Å². The van der Waals surface area contributed by atoms with E-state index in [0.717, 1.165) is 16.8 Å². The predicted molar refractivity (Wildman–Crippen MR) is 93.5 cm³/mol. The van der Waals surface area contributed by atoms with Crippen molar-refractivity contribution < 1.29 is 9.59 Å². The Bertz CT molecular complexity index is 756. The number of carbonyl (C=O) groups is 2. The number of benzene rings is 2. The van der Waals surface area contributed by atoms with E-state index in [-0.39, 0.29) is 11.8 Å². The van der Waals surface area contributed by atoms with Crippen LogP contribution in [-0.2, 0) is 21.5 Å². The number of para-hydroxylation sites is 1. The van der Waals surface area contributed by atoms with Gasteiger partial charge in [-0.15, -0.1) is 0 Å². The lowest BCUT2D eigenvalue weighted by molar-refractivity contribution is -0.126. The first-order valence-electron chi connectivity index (χ1n) is 8.01. The molecule has 1 atom stereocenters.